The van der Waals surface area contributed by atoms with Crippen molar-refractivity contribution in [2.45, 2.75) is 38.8 Å². The van der Waals surface area contributed by atoms with Crippen LogP contribution >= 0.6 is 23.2 Å². The number of benzene rings is 2. The van der Waals surface area contributed by atoms with Crippen LogP contribution in [0.15, 0.2) is 42.7 Å². The van der Waals surface area contributed by atoms with Crippen LogP contribution in [0.3, 0.4) is 0 Å². The van der Waals surface area contributed by atoms with Crippen molar-refractivity contribution in [3.63, 3.8) is 0 Å². The smallest absolute Gasteiger partial charge is 0.131 e. The van der Waals surface area contributed by atoms with E-state index in [0.29, 0.717) is 39.2 Å². The summed E-state index contributed by atoms with van der Waals surface area (Å²) in [6.45, 7) is 3.90. The summed E-state index contributed by atoms with van der Waals surface area (Å²) < 4.78 is 35.7. The highest BCUT2D eigenvalue weighted by atomic mass is 35.5. The van der Waals surface area contributed by atoms with Crippen LogP contribution in [-0.2, 0) is 6.54 Å². The fourth-order valence-electron chi connectivity index (χ4n) is 4.67. The topological polar surface area (TPSA) is 54.0 Å². The number of hydrogen-bond acceptors (Lipinski definition) is 4. The molecule has 1 fully saturated rings. The van der Waals surface area contributed by atoms with Gasteiger partial charge in [0.25, 0.3) is 0 Å². The van der Waals surface area contributed by atoms with Gasteiger partial charge in [-0.2, -0.15) is 5.10 Å². The van der Waals surface area contributed by atoms with E-state index in [-0.39, 0.29) is 5.56 Å². The quantitative estimate of drug-likeness (QED) is 0.258. The standard InChI is InChI=1S/C28H26Cl2F2N4O/c1-17(28-22(29)14-33-15-23(28)30)37-19-6-8-27-20(13-19)26(34-35-27)7-5-18-11-24(31)21(25(32)12-18)16-36-9-3-2-4-10-36/h5-8,11-15,17H,2-4,9-10,16H2,1H3,(H,34,35)/b7-5+. The van der Waals surface area contributed by atoms with Crippen LogP contribution in [0.1, 0.15) is 54.7 Å². The number of nitrogens with one attached hydrogen (secondary N) is 1. The summed E-state index contributed by atoms with van der Waals surface area (Å²) >= 11 is 12.5. The normalized spacial score (nSPS) is 15.5. The molecule has 2 aromatic heterocycles. The Hall–Kier alpha value is -3.00. The van der Waals surface area contributed by atoms with Crippen molar-refractivity contribution in [1.82, 2.24) is 20.1 Å². The lowest BCUT2D eigenvalue weighted by atomic mass is 10.1. The van der Waals surface area contributed by atoms with Gasteiger partial charge in [0.2, 0.25) is 0 Å². The summed E-state index contributed by atoms with van der Waals surface area (Å²) in [4.78, 5) is 6.08. The molecule has 1 atom stereocenters. The molecular formula is C28H26Cl2F2N4O. The van der Waals surface area contributed by atoms with Gasteiger partial charge in [-0.25, -0.2) is 8.78 Å². The Morgan fingerprint density at radius 3 is 2.43 bits per heavy atom. The van der Waals surface area contributed by atoms with Crippen molar-refractivity contribution < 1.29 is 13.5 Å². The largest absolute Gasteiger partial charge is 0.486 e. The summed E-state index contributed by atoms with van der Waals surface area (Å²) in [7, 11) is 0. The van der Waals surface area contributed by atoms with E-state index < -0.39 is 17.7 Å². The molecule has 2 aromatic carbocycles. The Morgan fingerprint density at radius 2 is 1.73 bits per heavy atom. The SMILES string of the molecule is CC(Oc1ccc2[nH]nc(/C=C/c3cc(F)c(CN4CCCCC4)c(F)c3)c2c1)c1c(Cl)cncc1Cl. The number of hydrogen-bond donors (Lipinski definition) is 1. The molecule has 5 rings (SSSR count). The van der Waals surface area contributed by atoms with Gasteiger partial charge >= 0.3 is 0 Å². The summed E-state index contributed by atoms with van der Waals surface area (Å²) in [5.74, 6) is -0.468. The number of pyridine rings is 1. The molecule has 4 aromatic rings. The Labute approximate surface area is 224 Å². The lowest BCUT2D eigenvalue weighted by Crippen LogP contribution is -2.29. The Kier molecular flexibility index (Phi) is 7.74. The highest BCUT2D eigenvalue weighted by molar-refractivity contribution is 6.35. The van der Waals surface area contributed by atoms with Crippen molar-refractivity contribution in [2.24, 2.45) is 0 Å². The Balaban J connectivity index is 1.35. The molecule has 0 saturated carbocycles. The number of aromatic nitrogens is 3. The highest BCUT2D eigenvalue weighted by Gasteiger charge is 2.18. The fraction of sp³-hybridized carbons (Fsp3) is 0.286. The Bertz CT molecular complexity index is 1410. The number of piperidine rings is 1. The first kappa shape index (κ1) is 25.6. The van der Waals surface area contributed by atoms with E-state index in [1.807, 2.05) is 25.1 Å². The molecule has 3 heterocycles. The van der Waals surface area contributed by atoms with Crippen LogP contribution in [0.5, 0.6) is 5.75 Å². The van der Waals surface area contributed by atoms with Crippen molar-refractivity contribution in [1.29, 1.82) is 0 Å². The van der Waals surface area contributed by atoms with Gasteiger partial charge in [0, 0.05) is 35.5 Å². The van der Waals surface area contributed by atoms with Crippen LogP contribution in [0.2, 0.25) is 10.0 Å². The van der Waals surface area contributed by atoms with Crippen molar-refractivity contribution in [3.05, 3.63) is 86.8 Å². The average molecular weight is 543 g/mol. The molecule has 0 aliphatic carbocycles. The molecule has 9 heteroatoms. The molecule has 1 unspecified atom stereocenters. The fourth-order valence-corrected chi connectivity index (χ4v) is 5.34. The molecule has 1 N–H and O–H groups in total. The van der Waals surface area contributed by atoms with E-state index in [0.717, 1.165) is 36.8 Å². The molecule has 192 valence electrons. The molecule has 1 aliphatic rings. The third kappa shape index (κ3) is 5.79. The minimum atomic E-state index is -0.532. The van der Waals surface area contributed by atoms with Gasteiger partial charge in [-0.1, -0.05) is 35.7 Å². The second-order valence-corrected chi connectivity index (χ2v) is 10.0. The minimum Gasteiger partial charge on any atom is -0.486 e. The number of rotatable bonds is 7. The monoisotopic (exact) mass is 542 g/mol. The van der Waals surface area contributed by atoms with E-state index in [4.69, 9.17) is 27.9 Å². The summed E-state index contributed by atoms with van der Waals surface area (Å²) in [6.07, 6.45) is 9.32. The predicted molar refractivity (Wildman–Crippen MR) is 144 cm³/mol. The van der Waals surface area contributed by atoms with E-state index in [2.05, 4.69) is 20.1 Å². The number of fused-ring (bicyclic) bond motifs is 1. The van der Waals surface area contributed by atoms with Crippen LogP contribution < -0.4 is 4.74 Å². The summed E-state index contributed by atoms with van der Waals surface area (Å²) in [5, 5.41) is 8.97. The number of aromatic amines is 1. The molecule has 0 spiro atoms. The lowest BCUT2D eigenvalue weighted by Gasteiger charge is -2.26. The van der Waals surface area contributed by atoms with Gasteiger partial charge in [-0.05, 0) is 74.8 Å². The van der Waals surface area contributed by atoms with Crippen LogP contribution in [0.25, 0.3) is 23.1 Å². The van der Waals surface area contributed by atoms with E-state index >= 15 is 0 Å². The van der Waals surface area contributed by atoms with Crippen LogP contribution in [0, 0.1) is 11.6 Å². The summed E-state index contributed by atoms with van der Waals surface area (Å²) in [6, 6.07) is 8.25. The van der Waals surface area contributed by atoms with Crippen molar-refractivity contribution in [2.75, 3.05) is 13.1 Å². The van der Waals surface area contributed by atoms with Crippen LogP contribution in [-0.4, -0.2) is 33.2 Å². The third-order valence-corrected chi connectivity index (χ3v) is 7.20. The van der Waals surface area contributed by atoms with E-state index in [1.165, 1.54) is 30.9 Å². The molecular weight excluding hydrogens is 517 g/mol. The van der Waals surface area contributed by atoms with Gasteiger partial charge < -0.3 is 4.74 Å². The van der Waals surface area contributed by atoms with Gasteiger partial charge in [-0.3, -0.25) is 15.0 Å². The highest BCUT2D eigenvalue weighted by Crippen LogP contribution is 2.33. The molecule has 37 heavy (non-hydrogen) atoms. The summed E-state index contributed by atoms with van der Waals surface area (Å²) in [5.41, 5.74) is 2.62. The number of nitrogens with zero attached hydrogens (tertiary/aromatic N) is 3. The van der Waals surface area contributed by atoms with Crippen molar-refractivity contribution in [3.8, 4) is 5.75 Å². The minimum absolute atomic E-state index is 0.120. The second kappa shape index (κ2) is 11.2. The van der Waals surface area contributed by atoms with Crippen molar-refractivity contribution >= 4 is 46.3 Å². The number of likely N-dealkylation sites (tertiary alicyclic amines) is 1. The van der Waals surface area contributed by atoms with E-state index in [1.54, 1.807) is 12.2 Å². The molecule has 0 amide bonds. The first-order valence-corrected chi connectivity index (χ1v) is 13.0. The first-order chi connectivity index (χ1) is 17.9. The van der Waals surface area contributed by atoms with Gasteiger partial charge in [0.15, 0.2) is 0 Å². The number of ether oxygens (including phenoxy) is 1. The zero-order valence-electron chi connectivity index (χ0n) is 20.3. The maximum atomic E-state index is 14.8. The van der Waals surface area contributed by atoms with Gasteiger partial charge in [0.1, 0.15) is 23.5 Å². The Morgan fingerprint density at radius 1 is 1.03 bits per heavy atom. The lowest BCUT2D eigenvalue weighted by molar-refractivity contribution is 0.215. The zero-order chi connectivity index (χ0) is 25.9. The molecule has 1 aliphatic heterocycles. The second-order valence-electron chi connectivity index (χ2n) is 9.23. The van der Waals surface area contributed by atoms with Gasteiger partial charge in [0.05, 0.1) is 21.3 Å². The average Bonchev–Trinajstić information content (AvgIpc) is 3.28. The third-order valence-electron chi connectivity index (χ3n) is 6.60. The number of H-pyrrole nitrogens is 1. The van der Waals surface area contributed by atoms with Crippen LogP contribution in [0.4, 0.5) is 8.78 Å². The zero-order valence-corrected chi connectivity index (χ0v) is 21.8. The first-order valence-electron chi connectivity index (χ1n) is 12.2. The molecule has 0 bridgehead atoms. The molecule has 1 saturated heterocycles. The van der Waals surface area contributed by atoms with E-state index in [9.17, 15) is 8.78 Å². The number of halogens is 4. The molecule has 5 nitrogen and oxygen atoms in total. The predicted octanol–water partition coefficient (Wildman–Crippen LogP) is 7.84. The van der Waals surface area contributed by atoms with Gasteiger partial charge in [-0.15, -0.1) is 0 Å². The maximum absolute atomic E-state index is 14.8. The maximum Gasteiger partial charge on any atom is 0.131 e. The molecule has 0 radical (unpaired) electrons.